The fourth-order valence-corrected chi connectivity index (χ4v) is 3.91. The smallest absolute Gasteiger partial charge is 0.279 e. The number of aryl methyl sites for hydroxylation is 2. The molecule has 0 aliphatic rings. The van der Waals surface area contributed by atoms with Crippen molar-refractivity contribution in [3.05, 3.63) is 49.6 Å². The quantitative estimate of drug-likeness (QED) is 0.845. The van der Waals surface area contributed by atoms with Crippen molar-refractivity contribution < 1.29 is 9.69 Å². The second-order valence-electron chi connectivity index (χ2n) is 5.50. The molecule has 2 aromatic rings. The molecule has 0 radical (unpaired) electrons. The first-order valence-electron chi connectivity index (χ1n) is 6.97. The van der Waals surface area contributed by atoms with Gasteiger partial charge in [0.2, 0.25) is 0 Å². The molecule has 0 bridgehead atoms. The van der Waals surface area contributed by atoms with Gasteiger partial charge in [0, 0.05) is 0 Å². The van der Waals surface area contributed by atoms with Crippen LogP contribution in [0, 0.1) is 13.8 Å². The van der Waals surface area contributed by atoms with E-state index in [1.165, 1.54) is 4.88 Å². The number of halogens is 2. The van der Waals surface area contributed by atoms with Gasteiger partial charge in [-0.1, -0.05) is 29.3 Å². The summed E-state index contributed by atoms with van der Waals surface area (Å²) in [4.78, 5) is 14.5. The van der Waals surface area contributed by atoms with E-state index in [-0.39, 0.29) is 5.91 Å². The number of carbonyl (C=O) groups excluding carboxylic acids is 1. The highest BCUT2D eigenvalue weighted by Gasteiger charge is 2.14. The standard InChI is InChI=1S/C16H18Cl2N2OS/c1-10-6-11(2)16(13(17)7-10)19-15(21)9-20(3)8-12-4-5-14(18)22-12/h4-7H,8-9H2,1-3H3,(H,19,21)/p+1. The fourth-order valence-electron chi connectivity index (χ4n) is 2.34. The lowest BCUT2D eigenvalue weighted by atomic mass is 10.1. The van der Waals surface area contributed by atoms with Gasteiger partial charge in [-0.25, -0.2) is 0 Å². The molecule has 0 saturated carbocycles. The second-order valence-corrected chi connectivity index (χ2v) is 7.71. The lowest BCUT2D eigenvalue weighted by Crippen LogP contribution is -3.08. The van der Waals surface area contributed by atoms with Crippen LogP contribution in [0.25, 0.3) is 0 Å². The topological polar surface area (TPSA) is 33.5 Å². The van der Waals surface area contributed by atoms with Crippen LogP contribution in [0.3, 0.4) is 0 Å². The van der Waals surface area contributed by atoms with Crippen molar-refractivity contribution >= 4 is 46.1 Å². The van der Waals surface area contributed by atoms with Crippen LogP contribution in [-0.4, -0.2) is 19.5 Å². The van der Waals surface area contributed by atoms with Crippen molar-refractivity contribution in [2.75, 3.05) is 18.9 Å². The normalized spacial score (nSPS) is 12.2. The number of carbonyl (C=O) groups is 1. The summed E-state index contributed by atoms with van der Waals surface area (Å²) in [5.41, 5.74) is 2.75. The lowest BCUT2D eigenvalue weighted by molar-refractivity contribution is -0.884. The van der Waals surface area contributed by atoms with E-state index in [4.69, 9.17) is 23.2 Å². The molecule has 0 aliphatic carbocycles. The Hall–Kier alpha value is -1.07. The highest BCUT2D eigenvalue weighted by atomic mass is 35.5. The van der Waals surface area contributed by atoms with Crippen molar-refractivity contribution in [3.8, 4) is 0 Å². The fraction of sp³-hybridized carbons (Fsp3) is 0.312. The van der Waals surface area contributed by atoms with Gasteiger partial charge in [-0.3, -0.25) is 4.79 Å². The van der Waals surface area contributed by atoms with E-state index in [1.807, 2.05) is 45.2 Å². The summed E-state index contributed by atoms with van der Waals surface area (Å²) in [6.45, 7) is 5.07. The monoisotopic (exact) mass is 357 g/mol. The minimum absolute atomic E-state index is 0.0472. The summed E-state index contributed by atoms with van der Waals surface area (Å²) in [7, 11) is 1.98. The third-order valence-corrected chi connectivity index (χ3v) is 4.79. The zero-order valence-electron chi connectivity index (χ0n) is 12.8. The molecular formula is C16H19Cl2N2OS+. The molecule has 22 heavy (non-hydrogen) atoms. The van der Waals surface area contributed by atoms with Crippen LogP contribution in [0.15, 0.2) is 24.3 Å². The highest BCUT2D eigenvalue weighted by molar-refractivity contribution is 7.16. The van der Waals surface area contributed by atoms with Gasteiger partial charge in [-0.15, -0.1) is 11.3 Å². The molecule has 0 aliphatic heterocycles. The van der Waals surface area contributed by atoms with Crippen LogP contribution in [-0.2, 0) is 11.3 Å². The van der Waals surface area contributed by atoms with E-state index < -0.39 is 0 Å². The van der Waals surface area contributed by atoms with Crippen LogP contribution in [0.1, 0.15) is 16.0 Å². The number of hydrogen-bond acceptors (Lipinski definition) is 2. The van der Waals surface area contributed by atoms with Gasteiger partial charge in [0.25, 0.3) is 5.91 Å². The number of benzene rings is 1. The van der Waals surface area contributed by atoms with E-state index in [9.17, 15) is 4.79 Å². The molecule has 1 heterocycles. The Morgan fingerprint density at radius 3 is 2.59 bits per heavy atom. The maximum atomic E-state index is 12.2. The summed E-state index contributed by atoms with van der Waals surface area (Å²) >= 11 is 13.7. The Balaban J connectivity index is 1.95. The number of likely N-dealkylation sites (N-methyl/N-ethyl adjacent to an activating group) is 1. The molecule has 0 fully saturated rings. The first kappa shape index (κ1) is 17.3. The molecule has 1 aromatic heterocycles. The molecule has 3 nitrogen and oxygen atoms in total. The summed E-state index contributed by atoms with van der Waals surface area (Å²) in [5, 5.41) is 3.49. The van der Waals surface area contributed by atoms with E-state index in [0.29, 0.717) is 17.3 Å². The molecule has 2 rings (SSSR count). The molecule has 1 aromatic carbocycles. The van der Waals surface area contributed by atoms with Crippen molar-refractivity contribution in [1.82, 2.24) is 0 Å². The van der Waals surface area contributed by atoms with Crippen molar-refractivity contribution in [2.45, 2.75) is 20.4 Å². The molecule has 1 amide bonds. The van der Waals surface area contributed by atoms with Crippen LogP contribution in [0.4, 0.5) is 5.69 Å². The molecule has 1 unspecified atom stereocenters. The predicted octanol–water partition coefficient (Wildman–Crippen LogP) is 3.33. The number of nitrogens with one attached hydrogen (secondary N) is 2. The summed E-state index contributed by atoms with van der Waals surface area (Å²) in [5.74, 6) is -0.0472. The van der Waals surface area contributed by atoms with Crippen LogP contribution >= 0.6 is 34.5 Å². The van der Waals surface area contributed by atoms with Crippen LogP contribution in [0.5, 0.6) is 0 Å². The Kier molecular flexibility index (Phi) is 5.87. The molecular weight excluding hydrogens is 339 g/mol. The summed E-state index contributed by atoms with van der Waals surface area (Å²) in [6.07, 6.45) is 0. The number of rotatable bonds is 5. The van der Waals surface area contributed by atoms with Gasteiger partial charge >= 0.3 is 0 Å². The molecule has 0 saturated heterocycles. The summed E-state index contributed by atoms with van der Waals surface area (Å²) < 4.78 is 0.773. The first-order valence-corrected chi connectivity index (χ1v) is 8.54. The van der Waals surface area contributed by atoms with Gasteiger partial charge in [-0.2, -0.15) is 0 Å². The predicted molar refractivity (Wildman–Crippen MR) is 94.3 cm³/mol. The minimum Gasteiger partial charge on any atom is -0.325 e. The molecule has 1 atom stereocenters. The zero-order valence-corrected chi connectivity index (χ0v) is 15.1. The van der Waals surface area contributed by atoms with E-state index in [0.717, 1.165) is 26.9 Å². The second kappa shape index (κ2) is 7.47. The highest BCUT2D eigenvalue weighted by Crippen LogP contribution is 2.27. The van der Waals surface area contributed by atoms with Gasteiger partial charge in [0.1, 0.15) is 6.54 Å². The van der Waals surface area contributed by atoms with Crippen molar-refractivity contribution in [2.24, 2.45) is 0 Å². The maximum absolute atomic E-state index is 12.2. The number of quaternary nitrogens is 1. The Labute approximate surface area is 144 Å². The van der Waals surface area contributed by atoms with Gasteiger partial charge in [-0.05, 0) is 43.2 Å². The Bertz CT molecular complexity index is 662. The molecule has 118 valence electrons. The van der Waals surface area contributed by atoms with E-state index >= 15 is 0 Å². The van der Waals surface area contributed by atoms with E-state index in [2.05, 4.69) is 5.32 Å². The maximum Gasteiger partial charge on any atom is 0.279 e. The van der Waals surface area contributed by atoms with Gasteiger partial charge < -0.3 is 10.2 Å². The zero-order chi connectivity index (χ0) is 16.3. The van der Waals surface area contributed by atoms with Crippen LogP contribution < -0.4 is 10.2 Å². The SMILES string of the molecule is Cc1cc(C)c(NC(=O)C[NH+](C)Cc2ccc(Cl)s2)c(Cl)c1. The minimum atomic E-state index is -0.0472. The molecule has 6 heteroatoms. The number of thiophene rings is 1. The summed E-state index contributed by atoms with van der Waals surface area (Å²) in [6, 6.07) is 7.74. The first-order chi connectivity index (χ1) is 10.3. The number of anilines is 1. The third-order valence-electron chi connectivity index (χ3n) is 3.26. The van der Waals surface area contributed by atoms with E-state index in [1.54, 1.807) is 11.3 Å². The van der Waals surface area contributed by atoms with Crippen LogP contribution in [0.2, 0.25) is 9.36 Å². The van der Waals surface area contributed by atoms with Gasteiger partial charge in [0.15, 0.2) is 6.54 Å². The largest absolute Gasteiger partial charge is 0.325 e. The molecule has 0 spiro atoms. The van der Waals surface area contributed by atoms with Crippen molar-refractivity contribution in [3.63, 3.8) is 0 Å². The number of hydrogen-bond donors (Lipinski definition) is 2. The average molecular weight is 358 g/mol. The molecule has 2 N–H and O–H groups in total. The van der Waals surface area contributed by atoms with Gasteiger partial charge in [0.05, 0.1) is 27.0 Å². The lowest BCUT2D eigenvalue weighted by Gasteiger charge is -2.15. The third kappa shape index (κ3) is 4.71. The Morgan fingerprint density at radius 2 is 2.00 bits per heavy atom. The number of amides is 1. The van der Waals surface area contributed by atoms with Crippen molar-refractivity contribution in [1.29, 1.82) is 0 Å². The average Bonchev–Trinajstić information content (AvgIpc) is 2.79. The Morgan fingerprint density at radius 1 is 1.27 bits per heavy atom.